The van der Waals surface area contributed by atoms with Crippen LogP contribution in [0.4, 0.5) is 5.13 Å². The number of para-hydroxylation sites is 1. The average Bonchev–Trinajstić information content (AvgIpc) is 3.19. The van der Waals surface area contributed by atoms with Gasteiger partial charge < -0.3 is 14.6 Å². The molecule has 7 nitrogen and oxygen atoms in total. The third kappa shape index (κ3) is 5.36. The third-order valence-electron chi connectivity index (χ3n) is 4.43. The molecule has 0 saturated carbocycles. The van der Waals surface area contributed by atoms with Crippen molar-refractivity contribution in [3.05, 3.63) is 46.2 Å². The van der Waals surface area contributed by atoms with E-state index in [4.69, 9.17) is 4.74 Å². The number of benzene rings is 1. The predicted octanol–water partition coefficient (Wildman–Crippen LogP) is 4.32. The Kier molecular flexibility index (Phi) is 6.92. The molecule has 3 aromatic rings. The van der Waals surface area contributed by atoms with Crippen LogP contribution in [0.2, 0.25) is 0 Å². The molecule has 0 unspecified atom stereocenters. The smallest absolute Gasteiger partial charge is 0.236 e. The van der Waals surface area contributed by atoms with E-state index >= 15 is 0 Å². The highest BCUT2D eigenvalue weighted by Gasteiger charge is 2.14. The van der Waals surface area contributed by atoms with Crippen LogP contribution in [0, 0.1) is 13.8 Å². The van der Waals surface area contributed by atoms with E-state index in [1.807, 2.05) is 43.7 Å². The van der Waals surface area contributed by atoms with E-state index in [1.54, 1.807) is 0 Å². The molecule has 9 heteroatoms. The van der Waals surface area contributed by atoms with Crippen molar-refractivity contribution in [1.29, 1.82) is 0 Å². The number of nitrogens with zero attached hydrogens (tertiary/aromatic N) is 4. The number of hydrogen-bond donors (Lipinski definition) is 1. The zero-order valence-corrected chi connectivity index (χ0v) is 18.9. The molecule has 0 aliphatic rings. The normalized spacial score (nSPS) is 11.1. The van der Waals surface area contributed by atoms with Crippen LogP contribution in [-0.4, -0.2) is 31.4 Å². The van der Waals surface area contributed by atoms with Crippen LogP contribution in [0.15, 0.2) is 29.4 Å². The minimum absolute atomic E-state index is 0.115. The van der Waals surface area contributed by atoms with Crippen molar-refractivity contribution in [2.24, 2.45) is 7.05 Å². The molecule has 1 N–H and O–H groups in total. The van der Waals surface area contributed by atoms with Crippen molar-refractivity contribution in [2.75, 3.05) is 11.1 Å². The lowest BCUT2D eigenvalue weighted by molar-refractivity contribution is -0.113. The van der Waals surface area contributed by atoms with E-state index in [-0.39, 0.29) is 11.7 Å². The molecule has 0 fully saturated rings. The molecule has 0 saturated heterocycles. The SMILES string of the molecule is Cc1nc(NC(=O)CSc2nnc(COc3ccccc3C(C)C)n2C)sc1C. The molecule has 1 aromatic carbocycles. The summed E-state index contributed by atoms with van der Waals surface area (Å²) >= 11 is 2.81. The molecular weight excluding hydrogens is 406 g/mol. The lowest BCUT2D eigenvalue weighted by Crippen LogP contribution is -2.14. The number of thioether (sulfide) groups is 1. The van der Waals surface area contributed by atoms with Gasteiger partial charge in [0, 0.05) is 11.9 Å². The molecule has 3 rings (SSSR count). The number of thiazole rings is 1. The van der Waals surface area contributed by atoms with Gasteiger partial charge in [0.1, 0.15) is 12.4 Å². The maximum atomic E-state index is 12.2. The van der Waals surface area contributed by atoms with Gasteiger partial charge in [0.25, 0.3) is 0 Å². The predicted molar refractivity (Wildman–Crippen MR) is 117 cm³/mol. The van der Waals surface area contributed by atoms with Gasteiger partial charge in [-0.2, -0.15) is 0 Å². The monoisotopic (exact) mass is 431 g/mol. The zero-order chi connectivity index (χ0) is 21.0. The number of ether oxygens (including phenoxy) is 1. The molecule has 0 atom stereocenters. The summed E-state index contributed by atoms with van der Waals surface area (Å²) in [5, 5.41) is 12.5. The van der Waals surface area contributed by atoms with Crippen LogP contribution in [0.1, 0.15) is 41.7 Å². The summed E-state index contributed by atoms with van der Waals surface area (Å²) in [6.45, 7) is 8.51. The summed E-state index contributed by atoms with van der Waals surface area (Å²) in [5.74, 6) is 2.06. The summed E-state index contributed by atoms with van der Waals surface area (Å²) in [7, 11) is 1.88. The first-order valence-electron chi connectivity index (χ1n) is 9.31. The summed E-state index contributed by atoms with van der Waals surface area (Å²) in [4.78, 5) is 17.6. The second kappa shape index (κ2) is 9.41. The largest absolute Gasteiger partial charge is 0.485 e. The highest BCUT2D eigenvalue weighted by molar-refractivity contribution is 7.99. The topological polar surface area (TPSA) is 81.9 Å². The molecule has 154 valence electrons. The molecule has 0 radical (unpaired) electrons. The van der Waals surface area contributed by atoms with E-state index in [9.17, 15) is 4.79 Å². The number of nitrogens with one attached hydrogen (secondary N) is 1. The Morgan fingerprint density at radius 3 is 2.72 bits per heavy atom. The molecule has 0 aliphatic heterocycles. The number of aryl methyl sites for hydroxylation is 2. The summed E-state index contributed by atoms with van der Waals surface area (Å²) in [6, 6.07) is 8.01. The fourth-order valence-corrected chi connectivity index (χ4v) is 4.20. The van der Waals surface area contributed by atoms with Gasteiger partial charge >= 0.3 is 0 Å². The van der Waals surface area contributed by atoms with Crippen LogP contribution in [0.5, 0.6) is 5.75 Å². The minimum atomic E-state index is -0.115. The number of rotatable bonds is 8. The second-order valence-electron chi connectivity index (χ2n) is 6.94. The van der Waals surface area contributed by atoms with E-state index in [1.165, 1.54) is 23.1 Å². The van der Waals surface area contributed by atoms with Crippen LogP contribution < -0.4 is 10.1 Å². The van der Waals surface area contributed by atoms with E-state index in [0.717, 1.165) is 21.9 Å². The summed E-state index contributed by atoms with van der Waals surface area (Å²) < 4.78 is 7.83. The van der Waals surface area contributed by atoms with Crippen molar-refractivity contribution >= 4 is 34.1 Å². The van der Waals surface area contributed by atoms with Gasteiger partial charge in [0.15, 0.2) is 16.1 Å². The van der Waals surface area contributed by atoms with Crippen LogP contribution in [0.25, 0.3) is 0 Å². The first kappa shape index (κ1) is 21.3. The van der Waals surface area contributed by atoms with Crippen molar-refractivity contribution in [2.45, 2.75) is 45.4 Å². The molecule has 1 amide bonds. The van der Waals surface area contributed by atoms with E-state index < -0.39 is 0 Å². The number of carbonyl (C=O) groups excluding carboxylic acids is 1. The molecule has 2 heterocycles. The Morgan fingerprint density at radius 2 is 2.03 bits per heavy atom. The maximum Gasteiger partial charge on any atom is 0.236 e. The second-order valence-corrected chi connectivity index (χ2v) is 9.08. The van der Waals surface area contributed by atoms with Gasteiger partial charge in [-0.3, -0.25) is 4.79 Å². The van der Waals surface area contributed by atoms with Crippen molar-refractivity contribution < 1.29 is 9.53 Å². The van der Waals surface area contributed by atoms with Crippen LogP contribution in [0.3, 0.4) is 0 Å². The number of aromatic nitrogens is 4. The van der Waals surface area contributed by atoms with Crippen molar-refractivity contribution in [3.8, 4) is 5.75 Å². The number of hydrogen-bond acceptors (Lipinski definition) is 7. The average molecular weight is 432 g/mol. The number of carbonyl (C=O) groups is 1. The molecule has 2 aromatic heterocycles. The fourth-order valence-electron chi connectivity index (χ4n) is 2.64. The van der Waals surface area contributed by atoms with E-state index in [2.05, 4.69) is 40.4 Å². The molecule has 0 aliphatic carbocycles. The highest BCUT2D eigenvalue weighted by atomic mass is 32.2. The number of amides is 1. The Bertz CT molecular complexity index is 977. The molecule has 0 bridgehead atoms. The summed E-state index contributed by atoms with van der Waals surface area (Å²) in [5.41, 5.74) is 2.10. The maximum absolute atomic E-state index is 12.2. The lowest BCUT2D eigenvalue weighted by Gasteiger charge is -2.13. The van der Waals surface area contributed by atoms with Crippen LogP contribution in [-0.2, 0) is 18.4 Å². The summed E-state index contributed by atoms with van der Waals surface area (Å²) in [6.07, 6.45) is 0. The lowest BCUT2D eigenvalue weighted by atomic mass is 10.0. The van der Waals surface area contributed by atoms with Crippen LogP contribution >= 0.6 is 23.1 Å². The Morgan fingerprint density at radius 1 is 1.28 bits per heavy atom. The Hall–Kier alpha value is -2.39. The molecular formula is C20H25N5O2S2. The first-order valence-corrected chi connectivity index (χ1v) is 11.1. The highest BCUT2D eigenvalue weighted by Crippen LogP contribution is 2.27. The van der Waals surface area contributed by atoms with Gasteiger partial charge in [-0.05, 0) is 31.4 Å². The van der Waals surface area contributed by atoms with Gasteiger partial charge in [0.2, 0.25) is 5.91 Å². The number of anilines is 1. The van der Waals surface area contributed by atoms with Crippen molar-refractivity contribution in [3.63, 3.8) is 0 Å². The van der Waals surface area contributed by atoms with Gasteiger partial charge in [-0.1, -0.05) is 43.8 Å². The van der Waals surface area contributed by atoms with E-state index in [0.29, 0.717) is 28.6 Å². The van der Waals surface area contributed by atoms with Gasteiger partial charge in [0.05, 0.1) is 11.4 Å². The van der Waals surface area contributed by atoms with Gasteiger partial charge in [-0.25, -0.2) is 4.98 Å². The quantitative estimate of drug-likeness (QED) is 0.535. The standard InChI is InChI=1S/C20H25N5O2S2/c1-12(2)15-8-6-7-9-16(15)27-10-17-23-24-20(25(17)5)28-11-18(26)22-19-21-13(3)14(4)29-19/h6-9,12H,10-11H2,1-5H3,(H,21,22,26). The zero-order valence-electron chi connectivity index (χ0n) is 17.2. The fraction of sp³-hybridized carbons (Fsp3) is 0.400. The third-order valence-corrected chi connectivity index (χ3v) is 6.44. The van der Waals surface area contributed by atoms with Gasteiger partial charge in [-0.15, -0.1) is 21.5 Å². The Balaban J connectivity index is 1.56. The Labute approximate surface area is 178 Å². The minimum Gasteiger partial charge on any atom is -0.485 e. The van der Waals surface area contributed by atoms with Crippen molar-refractivity contribution in [1.82, 2.24) is 19.7 Å². The first-order chi connectivity index (χ1) is 13.8. The molecule has 29 heavy (non-hydrogen) atoms. The molecule has 0 spiro atoms.